The van der Waals surface area contributed by atoms with Gasteiger partial charge in [-0.1, -0.05) is 30.3 Å². The van der Waals surface area contributed by atoms with Gasteiger partial charge in [-0.15, -0.1) is 8.19 Å². The second-order valence-corrected chi connectivity index (χ2v) is 3.23. The van der Waals surface area contributed by atoms with Crippen molar-refractivity contribution in [2.45, 2.75) is 0 Å². The Morgan fingerprint density at radius 2 is 1.89 bits per heavy atom. The van der Waals surface area contributed by atoms with Gasteiger partial charge in [-0.25, -0.2) is 0 Å². The van der Waals surface area contributed by atoms with E-state index in [9.17, 15) is 0 Å². The molecule has 0 aromatic carbocycles. The van der Waals surface area contributed by atoms with Crippen LogP contribution in [0.2, 0.25) is 0 Å². The molecular weight excluding hydrogens is 127 g/mol. The summed E-state index contributed by atoms with van der Waals surface area (Å²) < 4.78 is 0. The molecule has 0 aromatic rings. The van der Waals surface area contributed by atoms with Crippen molar-refractivity contribution in [2.24, 2.45) is 0 Å². The Labute approximate surface area is 56.0 Å². The fraction of sp³-hybridized carbons (Fsp3) is 0. The number of fused-ring (bicyclic) bond motifs is 1. The average molecular weight is 134 g/mol. The Morgan fingerprint density at radius 3 is 2.78 bits per heavy atom. The molecule has 0 nitrogen and oxygen atoms in total. The third kappa shape index (κ3) is 0.760. The van der Waals surface area contributed by atoms with Crippen LogP contribution in [0, 0.1) is 0 Å². The average Bonchev–Trinajstić information content (AvgIpc) is 2.33. The predicted octanol–water partition coefficient (Wildman–Crippen LogP) is 2.82. The van der Waals surface area contributed by atoms with Crippen LogP contribution in [0.4, 0.5) is 0 Å². The van der Waals surface area contributed by atoms with Crippen LogP contribution in [0.5, 0.6) is 0 Å². The van der Waals surface area contributed by atoms with Crippen LogP contribution in [0.1, 0.15) is 0 Å². The van der Waals surface area contributed by atoms with Crippen molar-refractivity contribution in [2.75, 3.05) is 0 Å². The summed E-state index contributed by atoms with van der Waals surface area (Å²) in [5.74, 6) is 2.21. The standard InChI is InChI=1S/C8H7P/c1-3-7-4-2-6-9-8(7)5-1/h1-6,9H. The molecule has 0 N–H and O–H groups in total. The molecular formula is C8H7P. The molecule has 1 heteroatoms. The van der Waals surface area contributed by atoms with Crippen molar-refractivity contribution in [1.29, 1.82) is 0 Å². The van der Waals surface area contributed by atoms with E-state index in [1.807, 2.05) is 0 Å². The molecule has 1 atom stereocenters. The maximum atomic E-state index is 2.21. The van der Waals surface area contributed by atoms with Crippen molar-refractivity contribution in [3.8, 4) is 10.9 Å². The number of rotatable bonds is 0. The van der Waals surface area contributed by atoms with Gasteiger partial charge in [0, 0.05) is 0 Å². The Balaban J connectivity index is 2.79. The molecule has 1 aliphatic heterocycles. The van der Waals surface area contributed by atoms with Gasteiger partial charge in [0.25, 0.3) is 0 Å². The van der Waals surface area contributed by atoms with Crippen molar-refractivity contribution in [1.82, 2.24) is 0 Å². The third-order valence-electron chi connectivity index (χ3n) is 1.46. The highest BCUT2D eigenvalue weighted by molar-refractivity contribution is 7.33. The van der Waals surface area contributed by atoms with Crippen LogP contribution in [0.15, 0.2) is 36.1 Å². The Bertz CT molecular complexity index is 245. The molecule has 0 fully saturated rings. The van der Waals surface area contributed by atoms with E-state index in [1.54, 1.807) is 0 Å². The lowest BCUT2D eigenvalue weighted by Gasteiger charge is -1.92. The molecule has 2 aliphatic rings. The summed E-state index contributed by atoms with van der Waals surface area (Å²) in [6, 6.07) is 10.7. The fourth-order valence-electron chi connectivity index (χ4n) is 1.00. The highest BCUT2D eigenvalue weighted by Gasteiger charge is 1.95. The van der Waals surface area contributed by atoms with Gasteiger partial charge < -0.3 is 0 Å². The highest BCUT2D eigenvalue weighted by atomic mass is 31.0. The first-order chi connectivity index (χ1) is 4.47. The van der Waals surface area contributed by atoms with Crippen molar-refractivity contribution >= 4 is 8.19 Å². The van der Waals surface area contributed by atoms with Crippen molar-refractivity contribution < 1.29 is 0 Å². The maximum Gasteiger partial charge on any atom is -0.00184 e. The molecule has 0 saturated carbocycles. The molecule has 2 rings (SSSR count). The molecule has 1 aliphatic carbocycles. The summed E-state index contributed by atoms with van der Waals surface area (Å²) in [5.41, 5.74) is 1.40. The number of hydrogen-bond donors (Lipinski definition) is 0. The zero-order valence-corrected chi connectivity index (χ0v) is 5.96. The summed E-state index contributed by atoms with van der Waals surface area (Å²) in [7, 11) is 0.885. The van der Waals surface area contributed by atoms with Gasteiger partial charge in [0.15, 0.2) is 0 Å². The molecule has 44 valence electrons. The molecule has 0 spiro atoms. The Kier molecular flexibility index (Phi) is 1.07. The monoisotopic (exact) mass is 134 g/mol. The lowest BCUT2D eigenvalue weighted by molar-refractivity contribution is 1.85. The van der Waals surface area contributed by atoms with Crippen LogP contribution in [0.3, 0.4) is 0 Å². The second kappa shape index (κ2) is 1.89. The van der Waals surface area contributed by atoms with E-state index < -0.39 is 0 Å². The van der Waals surface area contributed by atoms with Gasteiger partial charge in [0.1, 0.15) is 0 Å². The SMILES string of the molecule is c1c[pH]c2cccc-2c1. The van der Waals surface area contributed by atoms with Crippen LogP contribution in [0.25, 0.3) is 10.9 Å². The van der Waals surface area contributed by atoms with Crippen LogP contribution >= 0.6 is 8.19 Å². The minimum Gasteiger partial charge on any atom is -0.132 e. The van der Waals surface area contributed by atoms with Crippen LogP contribution < -0.4 is 0 Å². The molecule has 0 saturated heterocycles. The third-order valence-corrected chi connectivity index (χ3v) is 2.59. The first-order valence-corrected chi connectivity index (χ1v) is 4.07. The zero-order chi connectivity index (χ0) is 6.10. The van der Waals surface area contributed by atoms with Crippen molar-refractivity contribution in [3.05, 3.63) is 36.1 Å². The topological polar surface area (TPSA) is 0 Å². The van der Waals surface area contributed by atoms with E-state index >= 15 is 0 Å². The molecule has 0 radical (unpaired) electrons. The minimum absolute atomic E-state index is 0.885. The summed E-state index contributed by atoms with van der Waals surface area (Å²) >= 11 is 0. The molecule has 0 aromatic heterocycles. The van der Waals surface area contributed by atoms with E-state index in [-0.39, 0.29) is 0 Å². The maximum absolute atomic E-state index is 2.21. The summed E-state index contributed by atoms with van der Waals surface area (Å²) in [6.45, 7) is 0. The van der Waals surface area contributed by atoms with Gasteiger partial charge >= 0.3 is 0 Å². The predicted molar refractivity (Wildman–Crippen MR) is 42.6 cm³/mol. The summed E-state index contributed by atoms with van der Waals surface area (Å²) in [4.78, 5) is 0. The first kappa shape index (κ1) is 5.08. The van der Waals surface area contributed by atoms with E-state index in [4.69, 9.17) is 0 Å². The van der Waals surface area contributed by atoms with Gasteiger partial charge in [0.05, 0.1) is 0 Å². The smallest absolute Gasteiger partial charge is 0.00184 e. The highest BCUT2D eigenvalue weighted by Crippen LogP contribution is 2.29. The van der Waals surface area contributed by atoms with E-state index in [2.05, 4.69) is 36.1 Å². The second-order valence-electron chi connectivity index (χ2n) is 2.06. The number of hydrogen-bond acceptors (Lipinski definition) is 0. The Morgan fingerprint density at radius 1 is 1.00 bits per heavy atom. The quantitative estimate of drug-likeness (QED) is 0.519. The largest absolute Gasteiger partial charge is 0.132 e. The normalized spacial score (nSPS) is 11.1. The van der Waals surface area contributed by atoms with E-state index in [0.717, 1.165) is 8.19 Å². The molecule has 1 unspecified atom stereocenters. The van der Waals surface area contributed by atoms with Crippen LogP contribution in [-0.2, 0) is 0 Å². The minimum atomic E-state index is 0.885. The molecule has 0 amide bonds. The van der Waals surface area contributed by atoms with E-state index in [0.29, 0.717) is 0 Å². The Hall–Kier alpha value is -0.740. The lowest BCUT2D eigenvalue weighted by Crippen LogP contribution is -1.61. The van der Waals surface area contributed by atoms with Crippen LogP contribution in [-0.4, -0.2) is 0 Å². The first-order valence-electron chi connectivity index (χ1n) is 2.99. The van der Waals surface area contributed by atoms with Gasteiger partial charge in [-0.3, -0.25) is 0 Å². The zero-order valence-electron chi connectivity index (χ0n) is 4.96. The van der Waals surface area contributed by atoms with Gasteiger partial charge in [-0.05, 0) is 16.7 Å². The molecule has 1 heterocycles. The lowest BCUT2D eigenvalue weighted by atomic mass is 10.3. The van der Waals surface area contributed by atoms with Gasteiger partial charge in [0.2, 0.25) is 0 Å². The van der Waals surface area contributed by atoms with E-state index in [1.165, 1.54) is 10.9 Å². The molecule has 0 bridgehead atoms. The fourth-order valence-corrected chi connectivity index (χ4v) is 1.90. The van der Waals surface area contributed by atoms with Gasteiger partial charge in [-0.2, -0.15) is 0 Å². The summed E-state index contributed by atoms with van der Waals surface area (Å²) in [5, 5.41) is 1.48. The summed E-state index contributed by atoms with van der Waals surface area (Å²) in [6.07, 6.45) is 0. The van der Waals surface area contributed by atoms with Crippen molar-refractivity contribution in [3.63, 3.8) is 0 Å². The molecule has 9 heavy (non-hydrogen) atoms.